The van der Waals surface area contributed by atoms with Crippen LogP contribution in [0.2, 0.25) is 0 Å². The van der Waals surface area contributed by atoms with Gasteiger partial charge >= 0.3 is 5.97 Å². The number of rotatable bonds is 3. The van der Waals surface area contributed by atoms with Crippen LogP contribution in [-0.2, 0) is 9.53 Å². The van der Waals surface area contributed by atoms with Crippen LogP contribution in [0.1, 0.15) is 38.8 Å². The molecule has 0 aliphatic carbocycles. The van der Waals surface area contributed by atoms with Crippen molar-refractivity contribution in [2.75, 3.05) is 11.9 Å². The Morgan fingerprint density at radius 1 is 1.26 bits per heavy atom. The molecule has 0 aliphatic heterocycles. The number of likely N-dealkylation sites (N-methyl/N-ethyl adjacent to an activating group) is 1. The first-order chi connectivity index (χ1) is 8.61. The van der Waals surface area contributed by atoms with Gasteiger partial charge in [0.25, 0.3) is 0 Å². The molecule has 0 spiro atoms. The SMILES string of the molecule is Cc1ccc(N(C)C(C)C(=O)OC(C)(C)C)c(C)c1. The molecule has 0 heterocycles. The van der Waals surface area contributed by atoms with Crippen LogP contribution in [0, 0.1) is 13.8 Å². The quantitative estimate of drug-likeness (QED) is 0.782. The highest BCUT2D eigenvalue weighted by atomic mass is 16.6. The third kappa shape index (κ3) is 4.27. The lowest BCUT2D eigenvalue weighted by atomic mass is 10.1. The fourth-order valence-electron chi connectivity index (χ4n) is 1.95. The molecule has 0 bridgehead atoms. The zero-order valence-electron chi connectivity index (χ0n) is 13.1. The van der Waals surface area contributed by atoms with Crippen molar-refractivity contribution >= 4 is 11.7 Å². The topological polar surface area (TPSA) is 29.5 Å². The fourth-order valence-corrected chi connectivity index (χ4v) is 1.95. The van der Waals surface area contributed by atoms with Crippen LogP contribution in [-0.4, -0.2) is 24.7 Å². The number of carbonyl (C=O) groups is 1. The Balaban J connectivity index is 2.87. The molecule has 19 heavy (non-hydrogen) atoms. The minimum atomic E-state index is -0.450. The summed E-state index contributed by atoms with van der Waals surface area (Å²) in [6, 6.07) is 5.92. The molecular weight excluding hydrogens is 238 g/mol. The molecule has 3 heteroatoms. The van der Waals surface area contributed by atoms with E-state index < -0.39 is 5.60 Å². The molecule has 106 valence electrons. The van der Waals surface area contributed by atoms with E-state index >= 15 is 0 Å². The molecule has 0 N–H and O–H groups in total. The highest BCUT2D eigenvalue weighted by Crippen LogP contribution is 2.22. The number of carbonyl (C=O) groups excluding carboxylic acids is 1. The summed E-state index contributed by atoms with van der Waals surface area (Å²) < 4.78 is 5.43. The van der Waals surface area contributed by atoms with Crippen molar-refractivity contribution in [1.82, 2.24) is 0 Å². The lowest BCUT2D eigenvalue weighted by Gasteiger charge is -2.30. The van der Waals surface area contributed by atoms with Gasteiger partial charge in [-0.15, -0.1) is 0 Å². The van der Waals surface area contributed by atoms with E-state index in [4.69, 9.17) is 4.74 Å². The Hall–Kier alpha value is -1.51. The third-order valence-corrected chi connectivity index (χ3v) is 3.06. The summed E-state index contributed by atoms with van der Waals surface area (Å²) in [4.78, 5) is 14.0. The van der Waals surface area contributed by atoms with Crippen LogP contribution >= 0.6 is 0 Å². The van der Waals surface area contributed by atoms with E-state index in [9.17, 15) is 4.79 Å². The molecule has 1 atom stereocenters. The van der Waals surface area contributed by atoms with Crippen molar-refractivity contribution in [1.29, 1.82) is 0 Å². The summed E-state index contributed by atoms with van der Waals surface area (Å²) in [6.45, 7) is 11.6. The normalized spacial score (nSPS) is 13.0. The average molecular weight is 263 g/mol. The average Bonchev–Trinajstić information content (AvgIpc) is 2.24. The van der Waals surface area contributed by atoms with Crippen molar-refractivity contribution in [3.63, 3.8) is 0 Å². The molecule has 0 saturated carbocycles. The Morgan fingerprint density at radius 3 is 2.32 bits per heavy atom. The largest absolute Gasteiger partial charge is 0.458 e. The predicted molar refractivity (Wildman–Crippen MR) is 79.6 cm³/mol. The number of ether oxygens (including phenoxy) is 1. The number of hydrogen-bond acceptors (Lipinski definition) is 3. The molecular formula is C16H25NO2. The summed E-state index contributed by atoms with van der Waals surface area (Å²) in [6.07, 6.45) is 0. The lowest BCUT2D eigenvalue weighted by Crippen LogP contribution is -2.40. The number of esters is 1. The first kappa shape index (κ1) is 15.5. The van der Waals surface area contributed by atoms with E-state index in [1.165, 1.54) is 5.56 Å². The predicted octanol–water partition coefficient (Wildman–Crippen LogP) is 3.47. The second-order valence-electron chi connectivity index (χ2n) is 6.11. The van der Waals surface area contributed by atoms with E-state index in [2.05, 4.69) is 26.0 Å². The van der Waals surface area contributed by atoms with Crippen LogP contribution in [0.25, 0.3) is 0 Å². The van der Waals surface area contributed by atoms with Gasteiger partial charge in [-0.1, -0.05) is 17.7 Å². The van der Waals surface area contributed by atoms with E-state index in [0.717, 1.165) is 11.3 Å². The maximum atomic E-state index is 12.1. The van der Waals surface area contributed by atoms with Crippen LogP contribution in [0.15, 0.2) is 18.2 Å². The van der Waals surface area contributed by atoms with Gasteiger partial charge < -0.3 is 9.64 Å². The minimum Gasteiger partial charge on any atom is -0.458 e. The molecule has 0 amide bonds. The van der Waals surface area contributed by atoms with Crippen LogP contribution in [0.5, 0.6) is 0 Å². The van der Waals surface area contributed by atoms with E-state index in [0.29, 0.717) is 0 Å². The van der Waals surface area contributed by atoms with E-state index in [1.807, 2.05) is 45.7 Å². The summed E-state index contributed by atoms with van der Waals surface area (Å²) in [5.74, 6) is -0.199. The maximum absolute atomic E-state index is 12.1. The third-order valence-electron chi connectivity index (χ3n) is 3.06. The molecule has 0 fully saturated rings. The fraction of sp³-hybridized carbons (Fsp3) is 0.562. The van der Waals surface area contributed by atoms with Gasteiger partial charge in [0.1, 0.15) is 11.6 Å². The Labute approximate surface area is 116 Å². The molecule has 1 aromatic rings. The molecule has 0 radical (unpaired) electrons. The molecule has 1 rings (SSSR count). The smallest absolute Gasteiger partial charge is 0.328 e. The first-order valence-electron chi connectivity index (χ1n) is 6.65. The van der Waals surface area contributed by atoms with Gasteiger partial charge in [-0.25, -0.2) is 4.79 Å². The van der Waals surface area contributed by atoms with Crippen molar-refractivity contribution in [2.45, 2.75) is 53.2 Å². The van der Waals surface area contributed by atoms with Crippen molar-refractivity contribution in [3.8, 4) is 0 Å². The van der Waals surface area contributed by atoms with Gasteiger partial charge in [-0.2, -0.15) is 0 Å². The number of aryl methyl sites for hydroxylation is 2. The van der Waals surface area contributed by atoms with Gasteiger partial charge in [0.15, 0.2) is 0 Å². The molecule has 0 saturated heterocycles. The van der Waals surface area contributed by atoms with Crippen LogP contribution in [0.3, 0.4) is 0 Å². The van der Waals surface area contributed by atoms with Gasteiger partial charge in [0.2, 0.25) is 0 Å². The van der Waals surface area contributed by atoms with Crippen molar-refractivity contribution in [3.05, 3.63) is 29.3 Å². The lowest BCUT2D eigenvalue weighted by molar-refractivity contribution is -0.155. The van der Waals surface area contributed by atoms with Crippen molar-refractivity contribution in [2.24, 2.45) is 0 Å². The molecule has 0 aliphatic rings. The standard InChI is InChI=1S/C16H25NO2/c1-11-8-9-14(12(2)10-11)17(7)13(3)15(18)19-16(4,5)6/h8-10,13H,1-7H3. The summed E-state index contributed by atoms with van der Waals surface area (Å²) in [5, 5.41) is 0. The molecule has 3 nitrogen and oxygen atoms in total. The molecule has 1 aromatic carbocycles. The summed E-state index contributed by atoms with van der Waals surface area (Å²) in [5.41, 5.74) is 3.00. The Morgan fingerprint density at radius 2 is 1.84 bits per heavy atom. The summed E-state index contributed by atoms with van der Waals surface area (Å²) >= 11 is 0. The highest BCUT2D eigenvalue weighted by Gasteiger charge is 2.25. The Bertz CT molecular complexity index is 460. The van der Waals surface area contributed by atoms with Gasteiger partial charge in [0, 0.05) is 12.7 Å². The van der Waals surface area contributed by atoms with Crippen LogP contribution in [0.4, 0.5) is 5.69 Å². The highest BCUT2D eigenvalue weighted by molar-refractivity contribution is 5.80. The van der Waals surface area contributed by atoms with E-state index in [-0.39, 0.29) is 12.0 Å². The van der Waals surface area contributed by atoms with Gasteiger partial charge in [-0.05, 0) is 53.2 Å². The Kier molecular flexibility index (Phi) is 4.61. The second-order valence-corrected chi connectivity index (χ2v) is 6.11. The van der Waals surface area contributed by atoms with Gasteiger partial charge in [-0.3, -0.25) is 0 Å². The molecule has 0 aromatic heterocycles. The number of benzene rings is 1. The van der Waals surface area contributed by atoms with E-state index in [1.54, 1.807) is 0 Å². The first-order valence-corrected chi connectivity index (χ1v) is 6.65. The summed E-state index contributed by atoms with van der Waals surface area (Å²) in [7, 11) is 1.92. The zero-order chi connectivity index (χ0) is 14.8. The number of anilines is 1. The maximum Gasteiger partial charge on any atom is 0.328 e. The number of hydrogen-bond donors (Lipinski definition) is 0. The number of nitrogens with zero attached hydrogens (tertiary/aromatic N) is 1. The van der Waals surface area contributed by atoms with Crippen LogP contribution < -0.4 is 4.90 Å². The minimum absolute atomic E-state index is 0.199. The second kappa shape index (κ2) is 5.64. The monoisotopic (exact) mass is 263 g/mol. The molecule has 1 unspecified atom stereocenters. The van der Waals surface area contributed by atoms with Gasteiger partial charge in [0.05, 0.1) is 0 Å². The van der Waals surface area contributed by atoms with Crippen molar-refractivity contribution < 1.29 is 9.53 Å². The zero-order valence-corrected chi connectivity index (χ0v) is 13.1.